The number of rotatable bonds is 7. The molecule has 112 valence electrons. The van der Waals surface area contributed by atoms with E-state index in [9.17, 15) is 0 Å². The molecule has 0 bridgehead atoms. The smallest absolute Gasteiger partial charge is 0.0326 e. The summed E-state index contributed by atoms with van der Waals surface area (Å²) >= 11 is 0. The molecule has 0 aliphatic carbocycles. The van der Waals surface area contributed by atoms with E-state index in [1.165, 1.54) is 28.7 Å². The highest BCUT2D eigenvalue weighted by molar-refractivity contribution is 5.33. The van der Waals surface area contributed by atoms with Gasteiger partial charge in [-0.25, -0.2) is 0 Å². The molecular formula is C20H27N. The summed E-state index contributed by atoms with van der Waals surface area (Å²) in [6.07, 6.45) is 3.44. The molecule has 0 aliphatic rings. The van der Waals surface area contributed by atoms with E-state index in [1.54, 1.807) is 0 Å². The van der Waals surface area contributed by atoms with Gasteiger partial charge in [-0.2, -0.15) is 0 Å². The molecule has 1 nitrogen and oxygen atoms in total. The number of hydrogen-bond acceptors (Lipinski definition) is 1. The Labute approximate surface area is 129 Å². The predicted octanol–water partition coefficient (Wildman–Crippen LogP) is 4.98. The Morgan fingerprint density at radius 2 is 1.76 bits per heavy atom. The van der Waals surface area contributed by atoms with Gasteiger partial charge in [-0.1, -0.05) is 61.0 Å². The second-order valence-electron chi connectivity index (χ2n) is 5.89. The molecular weight excluding hydrogens is 254 g/mol. The molecule has 0 fully saturated rings. The lowest BCUT2D eigenvalue weighted by molar-refractivity contribution is 0.497. The third-order valence-corrected chi connectivity index (χ3v) is 4.01. The van der Waals surface area contributed by atoms with Gasteiger partial charge < -0.3 is 5.32 Å². The van der Waals surface area contributed by atoms with Crippen molar-refractivity contribution in [2.24, 2.45) is 0 Å². The number of benzene rings is 2. The van der Waals surface area contributed by atoms with E-state index in [-0.39, 0.29) is 0 Å². The summed E-state index contributed by atoms with van der Waals surface area (Å²) in [5.74, 6) is 0. The summed E-state index contributed by atoms with van der Waals surface area (Å²) in [4.78, 5) is 0. The highest BCUT2D eigenvalue weighted by Gasteiger charge is 2.13. The van der Waals surface area contributed by atoms with Crippen molar-refractivity contribution in [3.63, 3.8) is 0 Å². The first kappa shape index (κ1) is 15.8. The molecule has 0 amide bonds. The molecule has 1 unspecified atom stereocenters. The van der Waals surface area contributed by atoms with Crippen LogP contribution in [0.2, 0.25) is 0 Å². The van der Waals surface area contributed by atoms with Crippen LogP contribution < -0.4 is 5.32 Å². The van der Waals surface area contributed by atoms with Gasteiger partial charge >= 0.3 is 0 Å². The Morgan fingerprint density at radius 1 is 1.00 bits per heavy atom. The Kier molecular flexibility index (Phi) is 6.01. The van der Waals surface area contributed by atoms with E-state index in [0.717, 1.165) is 19.4 Å². The summed E-state index contributed by atoms with van der Waals surface area (Å²) < 4.78 is 0. The minimum absolute atomic E-state index is 0.450. The fraction of sp³-hybridized carbons (Fsp3) is 0.400. The quantitative estimate of drug-likeness (QED) is 0.755. The second kappa shape index (κ2) is 7.99. The summed E-state index contributed by atoms with van der Waals surface area (Å²) in [5, 5.41) is 3.72. The van der Waals surface area contributed by atoms with Crippen LogP contribution in [-0.4, -0.2) is 6.54 Å². The maximum Gasteiger partial charge on any atom is 0.0326 e. The minimum atomic E-state index is 0.450. The monoisotopic (exact) mass is 281 g/mol. The third-order valence-electron chi connectivity index (χ3n) is 4.01. The summed E-state index contributed by atoms with van der Waals surface area (Å²) in [5.41, 5.74) is 5.61. The van der Waals surface area contributed by atoms with Gasteiger partial charge in [0.1, 0.15) is 0 Å². The maximum absolute atomic E-state index is 3.72. The van der Waals surface area contributed by atoms with Gasteiger partial charge in [0.15, 0.2) is 0 Å². The fourth-order valence-corrected chi connectivity index (χ4v) is 2.86. The van der Waals surface area contributed by atoms with Crippen LogP contribution in [0, 0.1) is 13.8 Å². The normalized spacial score (nSPS) is 12.3. The lowest BCUT2D eigenvalue weighted by Gasteiger charge is -2.21. The van der Waals surface area contributed by atoms with Crippen LogP contribution in [0.3, 0.4) is 0 Å². The van der Waals surface area contributed by atoms with Crippen LogP contribution in [0.4, 0.5) is 0 Å². The predicted molar refractivity (Wildman–Crippen MR) is 91.7 cm³/mol. The highest BCUT2D eigenvalue weighted by atomic mass is 14.9. The molecule has 1 atom stereocenters. The van der Waals surface area contributed by atoms with E-state index >= 15 is 0 Å². The topological polar surface area (TPSA) is 12.0 Å². The molecule has 0 heterocycles. The molecule has 21 heavy (non-hydrogen) atoms. The molecule has 0 aliphatic heterocycles. The highest BCUT2D eigenvalue weighted by Crippen LogP contribution is 2.23. The van der Waals surface area contributed by atoms with Crippen molar-refractivity contribution in [3.05, 3.63) is 70.8 Å². The molecule has 2 aromatic rings. The Bertz CT molecular complexity index is 545. The van der Waals surface area contributed by atoms with E-state index in [1.807, 2.05) is 0 Å². The maximum atomic E-state index is 3.72. The Morgan fingerprint density at radius 3 is 2.43 bits per heavy atom. The van der Waals surface area contributed by atoms with Gasteiger partial charge in [0.05, 0.1) is 0 Å². The number of hydrogen-bond donors (Lipinski definition) is 1. The van der Waals surface area contributed by atoms with Crippen LogP contribution in [-0.2, 0) is 6.42 Å². The van der Waals surface area contributed by atoms with Crippen LogP contribution in [0.25, 0.3) is 0 Å². The minimum Gasteiger partial charge on any atom is -0.310 e. The standard InChI is InChI=1S/C20H27N/c1-4-14-21-20(13-11-18-8-6-5-7-9-18)19-12-10-16(2)15-17(19)3/h5-10,12,15,20-21H,4,11,13-14H2,1-3H3. The van der Waals surface area contributed by atoms with Crippen molar-refractivity contribution >= 4 is 0 Å². The Hall–Kier alpha value is -1.60. The van der Waals surface area contributed by atoms with Crippen LogP contribution >= 0.6 is 0 Å². The summed E-state index contributed by atoms with van der Waals surface area (Å²) in [7, 11) is 0. The number of nitrogens with one attached hydrogen (secondary N) is 1. The van der Waals surface area contributed by atoms with Crippen molar-refractivity contribution in [1.82, 2.24) is 5.32 Å². The zero-order valence-corrected chi connectivity index (χ0v) is 13.5. The molecule has 1 heteroatoms. The van der Waals surface area contributed by atoms with Crippen molar-refractivity contribution in [2.45, 2.75) is 46.1 Å². The molecule has 2 rings (SSSR count). The zero-order valence-electron chi connectivity index (χ0n) is 13.5. The average molecular weight is 281 g/mol. The van der Waals surface area contributed by atoms with Crippen LogP contribution in [0.1, 0.15) is 48.1 Å². The molecule has 0 spiro atoms. The van der Waals surface area contributed by atoms with Gasteiger partial charge in [-0.15, -0.1) is 0 Å². The van der Waals surface area contributed by atoms with Gasteiger partial charge in [-0.3, -0.25) is 0 Å². The first-order chi connectivity index (χ1) is 10.2. The fourth-order valence-electron chi connectivity index (χ4n) is 2.86. The van der Waals surface area contributed by atoms with Crippen molar-refractivity contribution in [1.29, 1.82) is 0 Å². The van der Waals surface area contributed by atoms with Crippen LogP contribution in [0.5, 0.6) is 0 Å². The molecule has 1 N–H and O–H groups in total. The second-order valence-corrected chi connectivity index (χ2v) is 5.89. The lowest BCUT2D eigenvalue weighted by Crippen LogP contribution is -2.23. The van der Waals surface area contributed by atoms with Crippen molar-refractivity contribution in [3.8, 4) is 0 Å². The van der Waals surface area contributed by atoms with Crippen molar-refractivity contribution < 1.29 is 0 Å². The van der Waals surface area contributed by atoms with Gasteiger partial charge in [0.25, 0.3) is 0 Å². The molecule has 0 saturated carbocycles. The average Bonchev–Trinajstić information content (AvgIpc) is 2.49. The third kappa shape index (κ3) is 4.71. The van der Waals surface area contributed by atoms with E-state index < -0.39 is 0 Å². The molecule has 0 aromatic heterocycles. The summed E-state index contributed by atoms with van der Waals surface area (Å²) in [6.45, 7) is 7.69. The molecule has 0 radical (unpaired) electrons. The molecule has 0 saturated heterocycles. The largest absolute Gasteiger partial charge is 0.310 e. The number of aryl methyl sites for hydroxylation is 3. The summed E-state index contributed by atoms with van der Waals surface area (Å²) in [6, 6.07) is 18.0. The Balaban J connectivity index is 2.10. The first-order valence-corrected chi connectivity index (χ1v) is 8.05. The zero-order chi connectivity index (χ0) is 15.1. The van der Waals surface area contributed by atoms with E-state index in [0.29, 0.717) is 6.04 Å². The van der Waals surface area contributed by atoms with Crippen molar-refractivity contribution in [2.75, 3.05) is 6.54 Å². The van der Waals surface area contributed by atoms with E-state index in [2.05, 4.69) is 74.6 Å². The van der Waals surface area contributed by atoms with Gasteiger partial charge in [-0.05, 0) is 56.3 Å². The van der Waals surface area contributed by atoms with Crippen LogP contribution in [0.15, 0.2) is 48.5 Å². The SMILES string of the molecule is CCCNC(CCc1ccccc1)c1ccc(C)cc1C. The molecule has 2 aromatic carbocycles. The first-order valence-electron chi connectivity index (χ1n) is 8.05. The van der Waals surface area contributed by atoms with Gasteiger partial charge in [0.2, 0.25) is 0 Å². The van der Waals surface area contributed by atoms with E-state index in [4.69, 9.17) is 0 Å². The lowest BCUT2D eigenvalue weighted by atomic mass is 9.94. The van der Waals surface area contributed by atoms with Gasteiger partial charge in [0, 0.05) is 6.04 Å².